The van der Waals surface area contributed by atoms with Crippen LogP contribution in [0.1, 0.15) is 24.0 Å². The van der Waals surface area contributed by atoms with Gasteiger partial charge in [0.2, 0.25) is 0 Å². The van der Waals surface area contributed by atoms with E-state index in [9.17, 15) is 0 Å². The van der Waals surface area contributed by atoms with Crippen LogP contribution in [0.25, 0.3) is 0 Å². The molecule has 1 aromatic carbocycles. The fourth-order valence-corrected chi connectivity index (χ4v) is 1.82. The number of rotatable bonds is 5. The second-order valence-electron chi connectivity index (χ2n) is 4.45. The smallest absolute Gasteiger partial charge is 0.168 e. The maximum absolute atomic E-state index is 5.71. The van der Waals surface area contributed by atoms with E-state index in [1.807, 2.05) is 51.1 Å². The molecular formula is C15H19N3O. The van der Waals surface area contributed by atoms with Crippen molar-refractivity contribution in [1.82, 2.24) is 9.97 Å². The molecule has 0 aliphatic heterocycles. The lowest BCUT2D eigenvalue weighted by molar-refractivity contribution is 0.295. The van der Waals surface area contributed by atoms with Gasteiger partial charge in [-0.05, 0) is 38.5 Å². The summed E-state index contributed by atoms with van der Waals surface area (Å²) < 4.78 is 5.71. The average Bonchev–Trinajstić information content (AvgIpc) is 2.36. The molecule has 4 heteroatoms. The van der Waals surface area contributed by atoms with Gasteiger partial charge in [-0.15, -0.1) is 0 Å². The van der Waals surface area contributed by atoms with E-state index in [0.717, 1.165) is 23.8 Å². The summed E-state index contributed by atoms with van der Waals surface area (Å²) in [5.41, 5.74) is 2.12. The molecule has 2 rings (SSSR count). The Morgan fingerprint density at radius 3 is 2.74 bits per heavy atom. The minimum Gasteiger partial charge on any atom is -0.486 e. The quantitative estimate of drug-likeness (QED) is 0.894. The number of anilines is 1. The van der Waals surface area contributed by atoms with E-state index in [-0.39, 0.29) is 0 Å². The minimum atomic E-state index is 0.378. The number of aromatic nitrogens is 2. The van der Waals surface area contributed by atoms with Gasteiger partial charge in [0, 0.05) is 18.3 Å². The van der Waals surface area contributed by atoms with Crippen LogP contribution in [-0.2, 0) is 6.61 Å². The van der Waals surface area contributed by atoms with Crippen LogP contribution in [0.15, 0.2) is 30.3 Å². The third-order valence-electron chi connectivity index (χ3n) is 2.62. The van der Waals surface area contributed by atoms with E-state index in [1.54, 1.807) is 0 Å². The van der Waals surface area contributed by atoms with Gasteiger partial charge in [-0.2, -0.15) is 0 Å². The Bertz CT molecular complexity index is 555. The van der Waals surface area contributed by atoms with E-state index < -0.39 is 0 Å². The molecule has 0 saturated heterocycles. The number of nitrogens with zero attached hydrogens (tertiary/aromatic N) is 2. The highest BCUT2D eigenvalue weighted by atomic mass is 16.5. The Morgan fingerprint density at radius 2 is 2.00 bits per heavy atom. The Labute approximate surface area is 113 Å². The number of aryl methyl sites for hydroxylation is 2. The van der Waals surface area contributed by atoms with Crippen molar-refractivity contribution >= 4 is 5.82 Å². The molecule has 0 unspecified atom stereocenters. The van der Waals surface area contributed by atoms with Crippen LogP contribution in [0.3, 0.4) is 0 Å². The van der Waals surface area contributed by atoms with Gasteiger partial charge in [0.1, 0.15) is 18.2 Å². The zero-order valence-electron chi connectivity index (χ0n) is 11.6. The fourth-order valence-electron chi connectivity index (χ4n) is 1.82. The molecule has 1 heterocycles. The normalized spacial score (nSPS) is 10.3. The maximum atomic E-state index is 5.71. The number of hydrogen-bond donors (Lipinski definition) is 1. The van der Waals surface area contributed by atoms with Crippen molar-refractivity contribution in [2.24, 2.45) is 0 Å². The lowest BCUT2D eigenvalue weighted by atomic mass is 10.2. The lowest BCUT2D eigenvalue weighted by Crippen LogP contribution is -2.07. The molecule has 0 aliphatic rings. The molecule has 2 aromatic rings. The first-order valence-electron chi connectivity index (χ1n) is 6.45. The van der Waals surface area contributed by atoms with Crippen LogP contribution < -0.4 is 10.1 Å². The fraction of sp³-hybridized carbons (Fsp3) is 0.333. The van der Waals surface area contributed by atoms with Crippen LogP contribution in [0.2, 0.25) is 0 Å². The summed E-state index contributed by atoms with van der Waals surface area (Å²) in [6.07, 6.45) is 0. The molecule has 0 saturated carbocycles. The predicted molar refractivity (Wildman–Crippen MR) is 76.4 cm³/mol. The van der Waals surface area contributed by atoms with Crippen molar-refractivity contribution in [1.29, 1.82) is 0 Å². The van der Waals surface area contributed by atoms with Crippen molar-refractivity contribution in [3.05, 3.63) is 47.4 Å². The van der Waals surface area contributed by atoms with Crippen molar-refractivity contribution in [3.63, 3.8) is 0 Å². The Morgan fingerprint density at radius 1 is 1.16 bits per heavy atom. The summed E-state index contributed by atoms with van der Waals surface area (Å²) in [5.74, 6) is 2.38. The lowest BCUT2D eigenvalue weighted by Gasteiger charge is -2.09. The van der Waals surface area contributed by atoms with E-state index in [2.05, 4.69) is 15.3 Å². The Kier molecular flexibility index (Phi) is 4.34. The summed E-state index contributed by atoms with van der Waals surface area (Å²) in [6.45, 7) is 7.26. The van der Waals surface area contributed by atoms with Crippen molar-refractivity contribution in [2.45, 2.75) is 27.4 Å². The molecule has 100 valence electrons. The molecule has 19 heavy (non-hydrogen) atoms. The van der Waals surface area contributed by atoms with E-state index in [1.165, 1.54) is 5.56 Å². The summed E-state index contributed by atoms with van der Waals surface area (Å²) in [5, 5.41) is 3.19. The van der Waals surface area contributed by atoms with Gasteiger partial charge in [0.25, 0.3) is 0 Å². The van der Waals surface area contributed by atoms with Crippen LogP contribution in [0, 0.1) is 13.8 Å². The van der Waals surface area contributed by atoms with Crippen LogP contribution in [0.5, 0.6) is 5.75 Å². The molecular weight excluding hydrogens is 238 g/mol. The molecule has 0 atom stereocenters. The van der Waals surface area contributed by atoms with Crippen LogP contribution >= 0.6 is 0 Å². The number of ether oxygens (including phenoxy) is 1. The van der Waals surface area contributed by atoms with Gasteiger partial charge in [-0.1, -0.05) is 12.1 Å². The molecule has 1 N–H and O–H groups in total. The SMILES string of the molecule is CCNc1cc(C)nc(COc2cccc(C)c2)n1. The standard InChI is InChI=1S/C15H19N3O/c1-4-16-14-9-12(3)17-15(18-14)10-19-13-7-5-6-11(2)8-13/h5-9H,4,10H2,1-3H3,(H,16,17,18). The van der Waals surface area contributed by atoms with Gasteiger partial charge in [-0.25, -0.2) is 9.97 Å². The van der Waals surface area contributed by atoms with E-state index in [4.69, 9.17) is 4.74 Å². The van der Waals surface area contributed by atoms with Gasteiger partial charge < -0.3 is 10.1 Å². The minimum absolute atomic E-state index is 0.378. The third kappa shape index (κ3) is 3.95. The molecule has 0 amide bonds. The summed E-state index contributed by atoms with van der Waals surface area (Å²) >= 11 is 0. The summed E-state index contributed by atoms with van der Waals surface area (Å²) in [7, 11) is 0. The van der Waals surface area contributed by atoms with E-state index in [0.29, 0.717) is 12.4 Å². The number of nitrogens with one attached hydrogen (secondary N) is 1. The van der Waals surface area contributed by atoms with Crippen LogP contribution in [-0.4, -0.2) is 16.5 Å². The maximum Gasteiger partial charge on any atom is 0.168 e. The molecule has 0 aliphatic carbocycles. The predicted octanol–water partition coefficient (Wildman–Crippen LogP) is 3.10. The van der Waals surface area contributed by atoms with Gasteiger partial charge in [-0.3, -0.25) is 0 Å². The average molecular weight is 257 g/mol. The number of hydrogen-bond acceptors (Lipinski definition) is 4. The topological polar surface area (TPSA) is 47.0 Å². The molecule has 1 aromatic heterocycles. The Hall–Kier alpha value is -2.10. The van der Waals surface area contributed by atoms with Crippen molar-refractivity contribution in [2.75, 3.05) is 11.9 Å². The highest BCUT2D eigenvalue weighted by molar-refractivity contribution is 5.35. The molecule has 0 radical (unpaired) electrons. The molecule has 0 bridgehead atoms. The zero-order chi connectivity index (χ0) is 13.7. The number of benzene rings is 1. The second-order valence-corrected chi connectivity index (χ2v) is 4.45. The van der Waals surface area contributed by atoms with E-state index >= 15 is 0 Å². The monoisotopic (exact) mass is 257 g/mol. The van der Waals surface area contributed by atoms with Gasteiger partial charge in [0.05, 0.1) is 0 Å². The second kappa shape index (κ2) is 6.18. The Balaban J connectivity index is 2.06. The van der Waals surface area contributed by atoms with Crippen molar-refractivity contribution in [3.8, 4) is 5.75 Å². The molecule has 0 spiro atoms. The first-order valence-corrected chi connectivity index (χ1v) is 6.45. The first kappa shape index (κ1) is 13.3. The van der Waals surface area contributed by atoms with Gasteiger partial charge in [0.15, 0.2) is 5.82 Å². The van der Waals surface area contributed by atoms with Gasteiger partial charge >= 0.3 is 0 Å². The van der Waals surface area contributed by atoms with Crippen molar-refractivity contribution < 1.29 is 4.74 Å². The zero-order valence-corrected chi connectivity index (χ0v) is 11.6. The summed E-state index contributed by atoms with van der Waals surface area (Å²) in [6, 6.07) is 9.89. The highest BCUT2D eigenvalue weighted by Crippen LogP contribution is 2.14. The third-order valence-corrected chi connectivity index (χ3v) is 2.62. The summed E-state index contributed by atoms with van der Waals surface area (Å²) in [4.78, 5) is 8.79. The largest absolute Gasteiger partial charge is 0.486 e. The highest BCUT2D eigenvalue weighted by Gasteiger charge is 2.03. The molecule has 0 fully saturated rings. The first-order chi connectivity index (χ1) is 9.17. The molecule has 4 nitrogen and oxygen atoms in total. The van der Waals surface area contributed by atoms with Crippen LogP contribution in [0.4, 0.5) is 5.82 Å².